The topological polar surface area (TPSA) is 96.3 Å². The van der Waals surface area contributed by atoms with Crippen LogP contribution in [0.25, 0.3) is 0 Å². The summed E-state index contributed by atoms with van der Waals surface area (Å²) < 4.78 is 29.7. The first-order valence-corrected chi connectivity index (χ1v) is 12.7. The second-order valence-corrected chi connectivity index (χ2v) is 10.6. The lowest BCUT2D eigenvalue weighted by molar-refractivity contribution is -0.115. The maximum absolute atomic E-state index is 12.4. The molecule has 35 heavy (non-hydrogen) atoms. The molecule has 0 aliphatic heterocycles. The van der Waals surface area contributed by atoms with Crippen LogP contribution in [0.5, 0.6) is 5.75 Å². The van der Waals surface area contributed by atoms with Gasteiger partial charge in [-0.1, -0.05) is 30.9 Å². The van der Waals surface area contributed by atoms with Crippen LogP contribution < -0.4 is 10.1 Å². The molecule has 1 N–H and O–H groups in total. The number of hydrogen-bond acceptors (Lipinski definition) is 5. The van der Waals surface area contributed by atoms with Gasteiger partial charge in [-0.15, -0.1) is 0 Å². The third-order valence-corrected chi connectivity index (χ3v) is 6.81. The number of carbonyl (C=O) groups excluding carboxylic acids is 1. The first kappa shape index (κ1) is 25.6. The molecular weight excluding hydrogens is 460 g/mol. The van der Waals surface area contributed by atoms with Crippen LogP contribution in [0.15, 0.2) is 77.7 Å². The molecule has 0 aromatic heterocycles. The third-order valence-electron chi connectivity index (χ3n) is 5.06. The fourth-order valence-electron chi connectivity index (χ4n) is 3.15. The highest BCUT2D eigenvalue weighted by Gasteiger charge is 2.16. The lowest BCUT2D eigenvalue weighted by atomic mass is 10.1. The van der Waals surface area contributed by atoms with E-state index in [0.29, 0.717) is 17.0 Å². The highest BCUT2D eigenvalue weighted by molar-refractivity contribution is 7.91. The molecule has 3 rings (SSSR count). The summed E-state index contributed by atoms with van der Waals surface area (Å²) in [6, 6.07) is 22.5. The van der Waals surface area contributed by atoms with Gasteiger partial charge in [0.2, 0.25) is 5.91 Å². The second kappa shape index (κ2) is 10.9. The van der Waals surface area contributed by atoms with Crippen molar-refractivity contribution in [3.63, 3.8) is 0 Å². The van der Waals surface area contributed by atoms with Crippen molar-refractivity contribution in [2.45, 2.75) is 37.7 Å². The van der Waals surface area contributed by atoms with Gasteiger partial charge in [0.05, 0.1) is 28.7 Å². The largest absolute Gasteiger partial charge is 0.475 e. The molecule has 3 aromatic carbocycles. The van der Waals surface area contributed by atoms with Crippen LogP contribution in [0.2, 0.25) is 0 Å². The monoisotopic (exact) mass is 486 g/mol. The van der Waals surface area contributed by atoms with Gasteiger partial charge in [0, 0.05) is 11.3 Å². The van der Waals surface area contributed by atoms with Gasteiger partial charge in [0.15, 0.2) is 15.4 Å². The van der Waals surface area contributed by atoms with Crippen LogP contribution in [0.1, 0.15) is 37.5 Å². The van der Waals surface area contributed by atoms with Crippen molar-refractivity contribution in [1.82, 2.24) is 0 Å². The summed E-state index contributed by atoms with van der Waals surface area (Å²) in [5.41, 5.74) is 1.96. The molecule has 0 radical (unpaired) electrons. The lowest BCUT2D eigenvalue weighted by Gasteiger charge is -2.20. The number of sulfone groups is 1. The summed E-state index contributed by atoms with van der Waals surface area (Å²) in [4.78, 5) is 12.6. The van der Waals surface area contributed by atoms with Gasteiger partial charge in [-0.2, -0.15) is 5.26 Å². The number of benzene rings is 3. The number of nitrogens with one attached hydrogen (secondary N) is 1. The van der Waals surface area contributed by atoms with E-state index in [9.17, 15) is 13.2 Å². The highest BCUT2D eigenvalue weighted by atomic mass is 32.2. The summed E-state index contributed by atoms with van der Waals surface area (Å²) in [6.45, 7) is 5.31. The van der Waals surface area contributed by atoms with Crippen molar-refractivity contribution in [1.29, 1.82) is 5.26 Å². The number of amides is 1. The predicted molar refractivity (Wildman–Crippen MR) is 136 cm³/mol. The maximum atomic E-state index is 12.4. The van der Waals surface area contributed by atoms with Crippen molar-refractivity contribution in [2.75, 3.05) is 11.1 Å². The minimum Gasteiger partial charge on any atom is -0.475 e. The van der Waals surface area contributed by atoms with Gasteiger partial charge < -0.3 is 10.1 Å². The van der Waals surface area contributed by atoms with Gasteiger partial charge in [-0.25, -0.2) is 8.42 Å². The maximum Gasteiger partial charge on any atom is 0.228 e. The summed E-state index contributed by atoms with van der Waals surface area (Å²) in [5, 5.41) is 11.7. The summed E-state index contributed by atoms with van der Waals surface area (Å²) in [7, 11) is -3.26. The molecule has 0 fully saturated rings. The van der Waals surface area contributed by atoms with E-state index in [1.165, 1.54) is 12.1 Å². The van der Waals surface area contributed by atoms with E-state index in [2.05, 4.69) is 23.2 Å². The summed E-state index contributed by atoms with van der Waals surface area (Å²) in [5.74, 6) is 6.64. The quantitative estimate of drug-likeness (QED) is 0.487. The van der Waals surface area contributed by atoms with E-state index in [0.717, 1.165) is 11.1 Å². The molecule has 1 amide bonds. The number of anilines is 1. The molecule has 0 unspecified atom stereocenters. The van der Waals surface area contributed by atoms with Crippen LogP contribution >= 0.6 is 0 Å². The Balaban J connectivity index is 1.57. The number of nitrogens with zero attached hydrogens (tertiary/aromatic N) is 1. The lowest BCUT2D eigenvalue weighted by Crippen LogP contribution is -2.25. The Morgan fingerprint density at radius 1 is 0.943 bits per heavy atom. The molecule has 0 spiro atoms. The molecule has 3 aromatic rings. The average Bonchev–Trinajstić information content (AvgIpc) is 2.84. The Bertz CT molecular complexity index is 1390. The van der Waals surface area contributed by atoms with E-state index in [1.54, 1.807) is 55.5 Å². The van der Waals surface area contributed by atoms with Crippen LogP contribution in [0.4, 0.5) is 5.69 Å². The van der Waals surface area contributed by atoms with Gasteiger partial charge in [-0.3, -0.25) is 4.79 Å². The number of carbonyl (C=O) groups is 1. The SMILES string of the molecule is CCS(=O)(=O)c1ccc(CC(=O)Nc2ccc(C#CC(C)(C)Oc3ccc(C#N)cc3)cc2)cc1. The van der Waals surface area contributed by atoms with Crippen LogP contribution in [0, 0.1) is 23.2 Å². The number of nitriles is 1. The molecule has 0 heterocycles. The van der Waals surface area contributed by atoms with Crippen LogP contribution in [0.3, 0.4) is 0 Å². The molecule has 7 heteroatoms. The van der Waals surface area contributed by atoms with Crippen molar-refractivity contribution in [3.05, 3.63) is 89.5 Å². The molecule has 6 nitrogen and oxygen atoms in total. The zero-order chi connectivity index (χ0) is 25.5. The summed E-state index contributed by atoms with van der Waals surface area (Å²) >= 11 is 0. The smallest absolute Gasteiger partial charge is 0.228 e. The second-order valence-electron chi connectivity index (χ2n) is 8.35. The molecule has 0 bridgehead atoms. The van der Waals surface area contributed by atoms with Crippen molar-refractivity contribution in [3.8, 4) is 23.7 Å². The Morgan fingerprint density at radius 2 is 1.54 bits per heavy atom. The first-order valence-electron chi connectivity index (χ1n) is 11.0. The first-order chi connectivity index (χ1) is 16.6. The van der Waals surface area contributed by atoms with Crippen molar-refractivity contribution >= 4 is 21.4 Å². The molecular formula is C28H26N2O4S. The van der Waals surface area contributed by atoms with E-state index in [1.807, 2.05) is 26.0 Å². The molecule has 0 aliphatic carbocycles. The van der Waals surface area contributed by atoms with Gasteiger partial charge >= 0.3 is 0 Å². The van der Waals surface area contributed by atoms with Crippen molar-refractivity contribution in [2.24, 2.45) is 0 Å². The molecule has 0 aliphatic rings. The Kier molecular flexibility index (Phi) is 7.96. The fraction of sp³-hybridized carbons (Fsp3) is 0.214. The summed E-state index contributed by atoms with van der Waals surface area (Å²) in [6.07, 6.45) is 0.134. The van der Waals surface area contributed by atoms with Crippen LogP contribution in [-0.4, -0.2) is 25.7 Å². The zero-order valence-electron chi connectivity index (χ0n) is 19.8. The molecule has 0 saturated carbocycles. The Labute approximate surface area is 206 Å². The molecule has 0 saturated heterocycles. The van der Waals surface area contributed by atoms with Gasteiger partial charge in [-0.05, 0) is 80.1 Å². The van der Waals surface area contributed by atoms with Gasteiger partial charge in [0.25, 0.3) is 0 Å². The third kappa shape index (κ3) is 7.46. The predicted octanol–water partition coefficient (Wildman–Crippen LogP) is 4.74. The van der Waals surface area contributed by atoms with E-state index in [4.69, 9.17) is 10.00 Å². The minimum atomic E-state index is -3.26. The van der Waals surface area contributed by atoms with Crippen molar-refractivity contribution < 1.29 is 17.9 Å². The Morgan fingerprint density at radius 3 is 2.11 bits per heavy atom. The highest BCUT2D eigenvalue weighted by Crippen LogP contribution is 2.19. The van der Waals surface area contributed by atoms with Crippen LogP contribution in [-0.2, 0) is 21.1 Å². The normalized spacial score (nSPS) is 11.0. The molecule has 0 atom stereocenters. The molecule has 178 valence electrons. The van der Waals surface area contributed by atoms with E-state index >= 15 is 0 Å². The number of ether oxygens (including phenoxy) is 1. The minimum absolute atomic E-state index is 0.0366. The average molecular weight is 487 g/mol. The van der Waals surface area contributed by atoms with E-state index in [-0.39, 0.29) is 23.0 Å². The van der Waals surface area contributed by atoms with E-state index < -0.39 is 15.4 Å². The fourth-order valence-corrected chi connectivity index (χ4v) is 4.03. The standard InChI is InChI=1S/C28H26N2O4S/c1-4-35(32,33)26-15-9-22(10-16-26)19-27(31)30-24-11-5-21(6-12-24)17-18-28(2,3)34-25-13-7-23(20-29)8-14-25/h5-16H,4,19H2,1-3H3,(H,30,31). The number of rotatable bonds is 7. The number of hydrogen-bond donors (Lipinski definition) is 1. The zero-order valence-corrected chi connectivity index (χ0v) is 20.6. The van der Waals surface area contributed by atoms with Gasteiger partial charge in [0.1, 0.15) is 5.75 Å². The Hall–Kier alpha value is -4.07.